The lowest BCUT2D eigenvalue weighted by Crippen LogP contribution is -2.24. The largest absolute Gasteiger partial charge is 0.492 e. The molecule has 0 aromatic heterocycles. The van der Waals surface area contributed by atoms with Crippen LogP contribution >= 0.6 is 0 Å². The zero-order valence-electron chi connectivity index (χ0n) is 10.4. The SMILES string of the molecule is CC#CCNS(=O)(=O)c1cc(N)ccc1OCC. The quantitative estimate of drug-likeness (QED) is 0.616. The van der Waals surface area contributed by atoms with Crippen LogP contribution in [0.4, 0.5) is 5.69 Å². The first-order chi connectivity index (χ1) is 8.51. The average molecular weight is 268 g/mol. The summed E-state index contributed by atoms with van der Waals surface area (Å²) in [7, 11) is -3.67. The Balaban J connectivity index is 3.11. The topological polar surface area (TPSA) is 81.4 Å². The predicted octanol–water partition coefficient (Wildman–Crippen LogP) is 0.969. The van der Waals surface area contributed by atoms with E-state index in [0.29, 0.717) is 12.3 Å². The van der Waals surface area contributed by atoms with E-state index in [2.05, 4.69) is 16.6 Å². The summed E-state index contributed by atoms with van der Waals surface area (Å²) in [6.45, 7) is 3.85. The summed E-state index contributed by atoms with van der Waals surface area (Å²) in [5.74, 6) is 5.52. The van der Waals surface area contributed by atoms with Crippen molar-refractivity contribution in [3.05, 3.63) is 18.2 Å². The molecule has 3 N–H and O–H groups in total. The molecule has 6 heteroatoms. The minimum atomic E-state index is -3.67. The van der Waals surface area contributed by atoms with Gasteiger partial charge in [0.2, 0.25) is 10.0 Å². The molecular formula is C12H16N2O3S. The zero-order chi connectivity index (χ0) is 13.6. The second-order valence-corrected chi connectivity index (χ2v) is 5.13. The molecule has 0 unspecified atom stereocenters. The van der Waals surface area contributed by atoms with Gasteiger partial charge in [-0.1, -0.05) is 5.92 Å². The molecule has 0 bridgehead atoms. The first kappa shape index (κ1) is 14.4. The number of rotatable bonds is 5. The summed E-state index contributed by atoms with van der Waals surface area (Å²) in [5, 5.41) is 0. The highest BCUT2D eigenvalue weighted by Crippen LogP contribution is 2.25. The molecule has 0 aliphatic rings. The Labute approximate surface area is 107 Å². The summed E-state index contributed by atoms with van der Waals surface area (Å²) in [4.78, 5) is 0.0299. The summed E-state index contributed by atoms with van der Waals surface area (Å²) < 4.78 is 31.7. The van der Waals surface area contributed by atoms with Gasteiger partial charge in [-0.05, 0) is 32.0 Å². The van der Waals surface area contributed by atoms with Crippen molar-refractivity contribution >= 4 is 15.7 Å². The van der Waals surface area contributed by atoms with Crippen molar-refractivity contribution in [3.63, 3.8) is 0 Å². The molecule has 0 saturated heterocycles. The van der Waals surface area contributed by atoms with Gasteiger partial charge in [0.15, 0.2) is 0 Å². The predicted molar refractivity (Wildman–Crippen MR) is 70.7 cm³/mol. The molecule has 0 amide bonds. The summed E-state index contributed by atoms with van der Waals surface area (Å²) in [5.41, 5.74) is 5.96. The van der Waals surface area contributed by atoms with Crippen LogP contribution in [0.2, 0.25) is 0 Å². The molecule has 0 aliphatic carbocycles. The number of anilines is 1. The van der Waals surface area contributed by atoms with Gasteiger partial charge in [-0.25, -0.2) is 8.42 Å². The first-order valence-electron chi connectivity index (χ1n) is 5.43. The monoisotopic (exact) mass is 268 g/mol. The molecule has 0 radical (unpaired) electrons. The molecule has 1 aromatic rings. The maximum Gasteiger partial charge on any atom is 0.245 e. The van der Waals surface area contributed by atoms with Crippen LogP contribution in [-0.2, 0) is 10.0 Å². The van der Waals surface area contributed by atoms with Crippen molar-refractivity contribution in [1.82, 2.24) is 4.72 Å². The second kappa shape index (κ2) is 6.28. The number of sulfonamides is 1. The Morgan fingerprint density at radius 3 is 2.78 bits per heavy atom. The standard InChI is InChI=1S/C12H16N2O3S/c1-3-5-8-14-18(15,16)12-9-10(13)6-7-11(12)17-4-2/h6-7,9,14H,4,8,13H2,1-2H3. The van der Waals surface area contributed by atoms with E-state index in [1.165, 1.54) is 6.07 Å². The molecule has 1 rings (SSSR count). The van der Waals surface area contributed by atoms with E-state index in [9.17, 15) is 8.42 Å². The summed E-state index contributed by atoms with van der Waals surface area (Å²) in [6.07, 6.45) is 0. The second-order valence-electron chi connectivity index (χ2n) is 3.39. The van der Waals surface area contributed by atoms with Crippen molar-refractivity contribution in [2.24, 2.45) is 0 Å². The third-order valence-electron chi connectivity index (χ3n) is 2.08. The molecule has 0 fully saturated rings. The van der Waals surface area contributed by atoms with Gasteiger partial charge in [0.1, 0.15) is 10.6 Å². The highest BCUT2D eigenvalue weighted by atomic mass is 32.2. The molecule has 0 aliphatic heterocycles. The van der Waals surface area contributed by atoms with Gasteiger partial charge in [0, 0.05) is 5.69 Å². The van der Waals surface area contributed by atoms with E-state index < -0.39 is 10.0 Å². The van der Waals surface area contributed by atoms with Crippen molar-refractivity contribution in [2.75, 3.05) is 18.9 Å². The van der Waals surface area contributed by atoms with Gasteiger partial charge in [-0.3, -0.25) is 0 Å². The van der Waals surface area contributed by atoms with E-state index in [0.717, 1.165) is 0 Å². The first-order valence-corrected chi connectivity index (χ1v) is 6.91. The minimum absolute atomic E-state index is 0.0299. The highest BCUT2D eigenvalue weighted by molar-refractivity contribution is 7.89. The normalized spacial score (nSPS) is 10.6. The molecule has 0 heterocycles. The van der Waals surface area contributed by atoms with E-state index in [1.54, 1.807) is 26.0 Å². The van der Waals surface area contributed by atoms with Crippen LogP contribution in [0.25, 0.3) is 0 Å². The lowest BCUT2D eigenvalue weighted by atomic mass is 10.3. The minimum Gasteiger partial charge on any atom is -0.492 e. The number of hydrogen-bond acceptors (Lipinski definition) is 4. The maximum atomic E-state index is 12.0. The molecule has 1 aromatic carbocycles. The van der Waals surface area contributed by atoms with Crippen LogP contribution in [0.15, 0.2) is 23.1 Å². The molecule has 0 atom stereocenters. The number of nitrogen functional groups attached to an aromatic ring is 1. The van der Waals surface area contributed by atoms with Crippen LogP contribution in [0.3, 0.4) is 0 Å². The molecule has 98 valence electrons. The fourth-order valence-corrected chi connectivity index (χ4v) is 2.41. The van der Waals surface area contributed by atoms with Gasteiger partial charge in [-0.2, -0.15) is 4.72 Å². The Morgan fingerprint density at radius 1 is 1.44 bits per heavy atom. The Kier molecular flexibility index (Phi) is 5.01. The third kappa shape index (κ3) is 3.65. The smallest absolute Gasteiger partial charge is 0.245 e. The Hall–Kier alpha value is -1.71. The van der Waals surface area contributed by atoms with Crippen molar-refractivity contribution < 1.29 is 13.2 Å². The van der Waals surface area contributed by atoms with Crippen LogP contribution in [0, 0.1) is 11.8 Å². The van der Waals surface area contributed by atoms with E-state index >= 15 is 0 Å². The van der Waals surface area contributed by atoms with E-state index in [-0.39, 0.29) is 17.2 Å². The number of hydrogen-bond donors (Lipinski definition) is 2. The molecule has 0 spiro atoms. The van der Waals surface area contributed by atoms with Crippen molar-refractivity contribution in [1.29, 1.82) is 0 Å². The van der Waals surface area contributed by atoms with Gasteiger partial charge >= 0.3 is 0 Å². The Bertz CT molecular complexity index is 571. The van der Waals surface area contributed by atoms with Gasteiger partial charge in [0.05, 0.1) is 13.2 Å². The van der Waals surface area contributed by atoms with Crippen molar-refractivity contribution in [3.8, 4) is 17.6 Å². The fraction of sp³-hybridized carbons (Fsp3) is 0.333. The van der Waals surface area contributed by atoms with Crippen LogP contribution in [0.5, 0.6) is 5.75 Å². The van der Waals surface area contributed by atoms with Gasteiger partial charge < -0.3 is 10.5 Å². The average Bonchev–Trinajstić information content (AvgIpc) is 2.32. The van der Waals surface area contributed by atoms with Crippen LogP contribution in [0.1, 0.15) is 13.8 Å². The fourth-order valence-electron chi connectivity index (χ4n) is 1.31. The zero-order valence-corrected chi connectivity index (χ0v) is 11.2. The lowest BCUT2D eigenvalue weighted by molar-refractivity contribution is 0.331. The van der Waals surface area contributed by atoms with E-state index in [1.807, 2.05) is 0 Å². The third-order valence-corrected chi connectivity index (χ3v) is 3.51. The molecular weight excluding hydrogens is 252 g/mol. The van der Waals surface area contributed by atoms with Crippen LogP contribution < -0.4 is 15.2 Å². The van der Waals surface area contributed by atoms with Gasteiger partial charge in [-0.15, -0.1) is 5.92 Å². The number of ether oxygens (including phenoxy) is 1. The molecule has 18 heavy (non-hydrogen) atoms. The lowest BCUT2D eigenvalue weighted by Gasteiger charge is -2.11. The number of benzene rings is 1. The maximum absolute atomic E-state index is 12.0. The summed E-state index contributed by atoms with van der Waals surface area (Å²) in [6, 6.07) is 4.50. The van der Waals surface area contributed by atoms with Crippen LogP contribution in [-0.4, -0.2) is 21.6 Å². The molecule has 5 nitrogen and oxygen atoms in total. The highest BCUT2D eigenvalue weighted by Gasteiger charge is 2.19. The number of nitrogens with one attached hydrogen (secondary N) is 1. The van der Waals surface area contributed by atoms with Gasteiger partial charge in [0.25, 0.3) is 0 Å². The van der Waals surface area contributed by atoms with E-state index in [4.69, 9.17) is 10.5 Å². The molecule has 0 saturated carbocycles. The van der Waals surface area contributed by atoms with Crippen molar-refractivity contribution in [2.45, 2.75) is 18.7 Å². The Morgan fingerprint density at radius 2 is 2.17 bits per heavy atom. The number of nitrogens with two attached hydrogens (primary N) is 1. The summed E-state index contributed by atoms with van der Waals surface area (Å²) >= 11 is 0.